The smallest absolute Gasteiger partial charge is 0.328 e. The number of para-hydroxylation sites is 4. The first-order valence-electron chi connectivity index (χ1n) is 25.2. The number of carbonyl (C=O) groups is 8. The van der Waals surface area contributed by atoms with Gasteiger partial charge in [0.05, 0.1) is 25.3 Å². The number of benzene rings is 4. The van der Waals surface area contributed by atoms with Gasteiger partial charge in [-0.25, -0.2) is 9.59 Å². The number of amides is 4. The normalized spacial score (nSPS) is 16.3. The molecular formula is C57H56N8O10. The molecule has 0 radical (unpaired) electrons. The summed E-state index contributed by atoms with van der Waals surface area (Å²) in [6.07, 6.45) is 9.30. The molecule has 2 fully saturated rings. The number of ketones is 2. The number of aryl methyl sites for hydroxylation is 2. The van der Waals surface area contributed by atoms with Crippen LogP contribution in [0.25, 0.3) is 43.6 Å². The van der Waals surface area contributed by atoms with Crippen molar-refractivity contribution in [3.05, 3.63) is 144 Å². The molecule has 2 saturated heterocycles. The predicted molar refractivity (Wildman–Crippen MR) is 279 cm³/mol. The number of Topliss-reactive ketones (excluding diaryl/α,β-unsaturated/α-hetero) is 2. The number of aromatic nitrogens is 4. The van der Waals surface area contributed by atoms with Crippen molar-refractivity contribution in [3.63, 3.8) is 0 Å². The molecule has 4 atom stereocenters. The molecule has 10 rings (SSSR count). The topological polar surface area (TPSA) is 227 Å². The summed E-state index contributed by atoms with van der Waals surface area (Å²) >= 11 is 0. The van der Waals surface area contributed by atoms with Crippen molar-refractivity contribution in [2.75, 3.05) is 27.3 Å². The average molecular weight is 1010 g/mol. The number of hydrogen-bond acceptors (Lipinski definition) is 10. The Bertz CT molecular complexity index is 3320. The molecule has 0 spiro atoms. The lowest BCUT2D eigenvalue weighted by Gasteiger charge is -2.25. The van der Waals surface area contributed by atoms with Gasteiger partial charge >= 0.3 is 11.9 Å². The molecule has 384 valence electrons. The maximum Gasteiger partial charge on any atom is 0.328 e. The monoisotopic (exact) mass is 1010 g/mol. The van der Waals surface area contributed by atoms with Crippen molar-refractivity contribution in [1.82, 2.24) is 39.5 Å². The maximum absolute atomic E-state index is 14.2. The van der Waals surface area contributed by atoms with Crippen molar-refractivity contribution in [1.29, 1.82) is 0 Å². The van der Waals surface area contributed by atoms with E-state index in [1.165, 1.54) is 24.0 Å². The highest BCUT2D eigenvalue weighted by Gasteiger charge is 2.41. The molecular weight excluding hydrogens is 957 g/mol. The number of hydrogen-bond donors (Lipinski definition) is 4. The molecule has 0 unspecified atom stereocenters. The van der Waals surface area contributed by atoms with Crippen molar-refractivity contribution < 1.29 is 47.8 Å². The first-order valence-corrected chi connectivity index (χ1v) is 25.2. The Morgan fingerprint density at radius 3 is 1.35 bits per heavy atom. The fourth-order valence-corrected chi connectivity index (χ4v) is 10.9. The first kappa shape index (κ1) is 49.8. The SMILES string of the molecule is COC(=O)[C@H](Cc1c[nH]c2ccccc12)NC(=O)[C@@H]1CCCN1C(=O)C(=O)c1cn(CCCn2cc(C(=O)C(=O)N3CCC[C@H]3C(=O)N[C@@H](Cc3c[nH]c4ccccc34)C(=O)OC)c3ccccc32)c2ccccc12. The largest absolute Gasteiger partial charge is 0.467 e. The van der Waals surface area contributed by atoms with Crippen molar-refractivity contribution in [2.45, 2.75) is 82.2 Å². The number of fused-ring (bicyclic) bond motifs is 4. The van der Waals surface area contributed by atoms with E-state index in [1.807, 2.05) is 81.9 Å². The van der Waals surface area contributed by atoms with Crippen LogP contribution in [0.1, 0.15) is 63.9 Å². The highest BCUT2D eigenvalue weighted by molar-refractivity contribution is 6.46. The molecule has 8 aromatic rings. The van der Waals surface area contributed by atoms with Crippen molar-refractivity contribution in [2.24, 2.45) is 0 Å². The third kappa shape index (κ3) is 9.78. The van der Waals surface area contributed by atoms with Gasteiger partial charge in [-0.15, -0.1) is 0 Å². The molecule has 4 amide bonds. The molecule has 4 aromatic heterocycles. The number of esters is 2. The number of nitrogens with one attached hydrogen (secondary N) is 4. The van der Waals surface area contributed by atoms with Crippen LogP contribution in [-0.2, 0) is 64.2 Å². The summed E-state index contributed by atoms with van der Waals surface area (Å²) in [6.45, 7) is 1.20. The van der Waals surface area contributed by atoms with Crippen LogP contribution in [0.3, 0.4) is 0 Å². The summed E-state index contributed by atoms with van der Waals surface area (Å²) in [5.41, 5.74) is 5.21. The molecule has 6 heterocycles. The number of rotatable bonds is 18. The number of methoxy groups -OCH3 is 2. The van der Waals surface area contributed by atoms with Gasteiger partial charge in [-0.2, -0.15) is 0 Å². The fourth-order valence-electron chi connectivity index (χ4n) is 10.9. The van der Waals surface area contributed by atoms with Gasteiger partial charge in [0.2, 0.25) is 11.8 Å². The summed E-state index contributed by atoms with van der Waals surface area (Å²) < 4.78 is 13.9. The zero-order chi connectivity index (χ0) is 52.3. The van der Waals surface area contributed by atoms with Gasteiger partial charge in [0.25, 0.3) is 23.4 Å². The van der Waals surface area contributed by atoms with Crippen molar-refractivity contribution in [3.8, 4) is 0 Å². The number of aromatic amines is 2. The van der Waals surface area contributed by atoms with Gasteiger partial charge in [0.1, 0.15) is 24.2 Å². The van der Waals surface area contributed by atoms with Crippen LogP contribution in [0.15, 0.2) is 122 Å². The van der Waals surface area contributed by atoms with Crippen LogP contribution in [0.2, 0.25) is 0 Å². The highest BCUT2D eigenvalue weighted by Crippen LogP contribution is 2.29. The number of likely N-dealkylation sites (tertiary alicyclic amines) is 2. The van der Waals surface area contributed by atoms with Crippen molar-refractivity contribution >= 4 is 90.7 Å². The summed E-state index contributed by atoms with van der Waals surface area (Å²) in [7, 11) is 2.50. The molecule has 75 heavy (non-hydrogen) atoms. The van der Waals surface area contributed by atoms with Gasteiger partial charge in [0.15, 0.2) is 0 Å². The maximum atomic E-state index is 14.2. The summed E-state index contributed by atoms with van der Waals surface area (Å²) in [4.78, 5) is 119. The lowest BCUT2D eigenvalue weighted by Crippen LogP contribution is -2.52. The number of ether oxygens (including phenoxy) is 2. The van der Waals surface area contributed by atoms with Crippen LogP contribution in [0, 0.1) is 0 Å². The Morgan fingerprint density at radius 1 is 0.547 bits per heavy atom. The Labute approximate surface area is 430 Å². The first-order chi connectivity index (χ1) is 36.4. The number of carbonyl (C=O) groups excluding carboxylic acids is 8. The van der Waals surface area contributed by atoms with E-state index < -0.39 is 71.3 Å². The van der Waals surface area contributed by atoms with E-state index in [0.717, 1.165) is 44.0 Å². The third-order valence-corrected chi connectivity index (χ3v) is 14.7. The van der Waals surface area contributed by atoms with Gasteiger partial charge in [-0.1, -0.05) is 72.8 Å². The Balaban J connectivity index is 0.803. The second kappa shape index (κ2) is 21.3. The summed E-state index contributed by atoms with van der Waals surface area (Å²) in [5.74, 6) is -5.53. The minimum absolute atomic E-state index is 0.151. The Morgan fingerprint density at radius 2 is 0.933 bits per heavy atom. The van der Waals surface area contributed by atoms with E-state index in [4.69, 9.17) is 9.47 Å². The zero-order valence-corrected chi connectivity index (χ0v) is 41.5. The second-order valence-electron chi connectivity index (χ2n) is 19.1. The van der Waals surface area contributed by atoms with Crippen LogP contribution >= 0.6 is 0 Å². The summed E-state index contributed by atoms with van der Waals surface area (Å²) in [6, 6.07) is 25.7. The van der Waals surface area contributed by atoms with Gasteiger partial charge in [0, 0.05) is 107 Å². The lowest BCUT2D eigenvalue weighted by atomic mass is 10.0. The van der Waals surface area contributed by atoms with Gasteiger partial charge in [-0.3, -0.25) is 28.8 Å². The molecule has 4 aromatic carbocycles. The minimum Gasteiger partial charge on any atom is -0.467 e. The molecule has 4 N–H and O–H groups in total. The van der Waals surface area contributed by atoms with E-state index in [2.05, 4.69) is 20.6 Å². The van der Waals surface area contributed by atoms with E-state index in [9.17, 15) is 38.4 Å². The molecule has 2 aliphatic rings. The molecule has 0 saturated carbocycles. The van der Waals surface area contributed by atoms with Crippen LogP contribution in [0.5, 0.6) is 0 Å². The Kier molecular flexibility index (Phi) is 14.2. The fraction of sp³-hybridized carbons (Fsp3) is 0.298. The van der Waals surface area contributed by atoms with E-state index in [0.29, 0.717) is 56.0 Å². The number of nitrogens with zero attached hydrogens (tertiary/aromatic N) is 4. The van der Waals surface area contributed by atoms with Crippen LogP contribution in [0.4, 0.5) is 0 Å². The van der Waals surface area contributed by atoms with Gasteiger partial charge in [-0.05, 0) is 67.5 Å². The van der Waals surface area contributed by atoms with Crippen LogP contribution in [-0.4, -0.2) is 128 Å². The highest BCUT2D eigenvalue weighted by atomic mass is 16.5. The Hall–Kier alpha value is -8.80. The van der Waals surface area contributed by atoms with E-state index in [1.54, 1.807) is 49.1 Å². The third-order valence-electron chi connectivity index (χ3n) is 14.7. The average Bonchev–Trinajstić information content (AvgIpc) is 4.33. The summed E-state index contributed by atoms with van der Waals surface area (Å²) in [5, 5.41) is 8.56. The quantitative estimate of drug-likeness (QED) is 0.0459. The standard InChI is InChI=1S/C57H56N8O10/c1-74-56(72)44(28-34-30-58-42-18-7-3-14-36(34)42)60-52(68)48-22-11-26-64(48)54(70)50(66)40-32-62(46-20-9-5-16-38(40)46)24-13-25-63-33-41(39-17-6-10-21-47(39)63)51(67)55(71)65-27-12-23-49(65)53(69)61-45(57(73)75-2)29-35-31-59-43-19-8-4-15-37(35)43/h3-10,14-21,30-33,44-45,48-49,58-59H,11-13,22-29H2,1-2H3,(H,60,68)(H,61,69)/t44-,45-,48-,49-/m0/s1. The van der Waals surface area contributed by atoms with Gasteiger partial charge < -0.3 is 49.0 Å². The molecule has 2 aliphatic heterocycles. The zero-order valence-electron chi connectivity index (χ0n) is 41.5. The lowest BCUT2D eigenvalue weighted by molar-refractivity contribution is -0.146. The second-order valence-corrected chi connectivity index (χ2v) is 19.1. The molecule has 0 aliphatic carbocycles. The van der Waals surface area contributed by atoms with Crippen LogP contribution < -0.4 is 10.6 Å². The molecule has 0 bridgehead atoms. The van der Waals surface area contributed by atoms with E-state index >= 15 is 0 Å². The number of H-pyrrole nitrogens is 2. The molecule has 18 heteroatoms. The molecule has 18 nitrogen and oxygen atoms in total. The predicted octanol–water partition coefficient (Wildman–Crippen LogP) is 5.80. The minimum atomic E-state index is -1.03. The van der Waals surface area contributed by atoms with E-state index in [-0.39, 0.29) is 37.1 Å².